The minimum absolute atomic E-state index is 0.00785. The van der Waals surface area contributed by atoms with Crippen molar-refractivity contribution < 1.29 is 13.2 Å². The molecule has 3 aromatic heterocycles. The molecule has 1 aliphatic heterocycles. The first kappa shape index (κ1) is 25.4. The van der Waals surface area contributed by atoms with E-state index in [1.54, 1.807) is 39.8 Å². The molecule has 9 nitrogen and oxygen atoms in total. The molecule has 0 bridgehead atoms. The van der Waals surface area contributed by atoms with Gasteiger partial charge in [0.1, 0.15) is 5.39 Å². The highest BCUT2D eigenvalue weighted by molar-refractivity contribution is 6.37. The lowest BCUT2D eigenvalue weighted by Crippen LogP contribution is -2.44. The average Bonchev–Trinajstić information content (AvgIpc) is 3.40. The second kappa shape index (κ2) is 9.70. The summed E-state index contributed by atoms with van der Waals surface area (Å²) < 4.78 is 44.8. The van der Waals surface area contributed by atoms with Crippen molar-refractivity contribution in [2.45, 2.75) is 6.18 Å². The minimum Gasteiger partial charge on any atom is -0.368 e. The largest absolute Gasteiger partial charge is 0.418 e. The van der Waals surface area contributed by atoms with E-state index in [1.165, 1.54) is 23.0 Å². The maximum Gasteiger partial charge on any atom is 0.418 e. The molecule has 4 heterocycles. The lowest BCUT2D eigenvalue weighted by Gasteiger charge is -2.31. The van der Waals surface area contributed by atoms with E-state index >= 15 is 0 Å². The van der Waals surface area contributed by atoms with E-state index in [9.17, 15) is 18.0 Å². The van der Waals surface area contributed by atoms with Crippen molar-refractivity contribution in [2.75, 3.05) is 36.4 Å². The van der Waals surface area contributed by atoms with Gasteiger partial charge in [-0.3, -0.25) is 9.20 Å². The Labute approximate surface area is 228 Å². The number of fused-ring (bicyclic) bond motifs is 3. The number of benzene rings is 2. The molecule has 0 atom stereocenters. The zero-order valence-corrected chi connectivity index (χ0v) is 21.5. The van der Waals surface area contributed by atoms with Crippen LogP contribution in [-0.4, -0.2) is 50.1 Å². The molecule has 2 N–H and O–H groups in total. The lowest BCUT2D eigenvalue weighted by molar-refractivity contribution is -0.137. The smallest absolute Gasteiger partial charge is 0.368 e. The number of nitrogens with zero attached hydrogens (tertiary/aromatic N) is 6. The number of para-hydroxylation sites is 1. The Morgan fingerprint density at radius 1 is 1.03 bits per heavy atom. The van der Waals surface area contributed by atoms with Crippen molar-refractivity contribution >= 4 is 57.3 Å². The van der Waals surface area contributed by atoms with E-state index in [4.69, 9.17) is 23.2 Å². The van der Waals surface area contributed by atoms with Crippen LogP contribution in [-0.2, 0) is 6.18 Å². The van der Waals surface area contributed by atoms with E-state index in [-0.39, 0.29) is 49.9 Å². The van der Waals surface area contributed by atoms with Gasteiger partial charge in [-0.25, -0.2) is 14.5 Å². The predicted octanol–water partition coefficient (Wildman–Crippen LogP) is 4.91. The zero-order chi connectivity index (χ0) is 27.3. The summed E-state index contributed by atoms with van der Waals surface area (Å²) in [5.74, 6) is 0.209. The lowest BCUT2D eigenvalue weighted by atomic mass is 10.1. The zero-order valence-electron chi connectivity index (χ0n) is 20.0. The van der Waals surface area contributed by atoms with Crippen LogP contribution >= 0.6 is 23.2 Å². The van der Waals surface area contributed by atoms with E-state index in [0.717, 1.165) is 6.07 Å². The minimum atomic E-state index is -4.56. The molecule has 1 fully saturated rings. The highest BCUT2D eigenvalue weighted by Gasteiger charge is 2.35. The molecule has 0 spiro atoms. The molecule has 0 saturated carbocycles. The third kappa shape index (κ3) is 4.54. The first-order valence-electron chi connectivity index (χ1n) is 11.9. The van der Waals surface area contributed by atoms with Crippen LogP contribution in [0.5, 0.6) is 0 Å². The highest BCUT2D eigenvalue weighted by atomic mass is 35.5. The van der Waals surface area contributed by atoms with Crippen LogP contribution in [0.25, 0.3) is 22.5 Å². The fourth-order valence-electron chi connectivity index (χ4n) is 4.66. The Morgan fingerprint density at radius 3 is 2.49 bits per heavy atom. The third-order valence-electron chi connectivity index (χ3n) is 6.43. The van der Waals surface area contributed by atoms with E-state index in [1.807, 2.05) is 0 Å². The maximum absolute atomic E-state index is 14.0. The summed E-state index contributed by atoms with van der Waals surface area (Å²) in [6, 6.07) is 8.89. The number of hydrogen-bond donors (Lipinski definition) is 2. The Kier molecular flexibility index (Phi) is 6.32. The van der Waals surface area contributed by atoms with Gasteiger partial charge in [-0.05, 0) is 30.3 Å². The average molecular weight is 575 g/mol. The molecule has 6 rings (SSSR count). The number of anilines is 3. The number of alkyl halides is 3. The van der Waals surface area contributed by atoms with Gasteiger partial charge in [0.25, 0.3) is 5.56 Å². The highest BCUT2D eigenvalue weighted by Crippen LogP contribution is 2.39. The Balaban J connectivity index is 1.43. The van der Waals surface area contributed by atoms with Crippen LogP contribution in [0.1, 0.15) is 5.56 Å². The Hall–Kier alpha value is -3.87. The van der Waals surface area contributed by atoms with Crippen LogP contribution in [0.15, 0.2) is 59.8 Å². The number of piperazine rings is 1. The molecule has 0 aliphatic carbocycles. The first-order chi connectivity index (χ1) is 18.7. The van der Waals surface area contributed by atoms with Crippen molar-refractivity contribution in [3.63, 3.8) is 0 Å². The van der Waals surface area contributed by atoms with Crippen molar-refractivity contribution in [1.82, 2.24) is 29.2 Å². The van der Waals surface area contributed by atoms with Crippen LogP contribution in [0.4, 0.5) is 30.5 Å². The van der Waals surface area contributed by atoms with Crippen LogP contribution in [0.2, 0.25) is 10.0 Å². The number of hydrogen-bond acceptors (Lipinski definition) is 7. The van der Waals surface area contributed by atoms with Gasteiger partial charge < -0.3 is 15.5 Å². The second-order valence-electron chi connectivity index (χ2n) is 8.83. The van der Waals surface area contributed by atoms with Crippen molar-refractivity contribution in [2.24, 2.45) is 0 Å². The number of aromatic nitrogens is 5. The van der Waals surface area contributed by atoms with Crippen molar-refractivity contribution in [3.8, 4) is 5.69 Å². The van der Waals surface area contributed by atoms with Crippen LogP contribution < -0.4 is 21.1 Å². The standard InChI is InChI=1S/C25H19Cl2F3N8O/c26-17-2-1-3-18(27)20(17)38-22(39)15-13-33-23(35-21(15)37-11-8-32-24(37)38)34-14-4-5-19(16(12-14)25(28,29)30)36-9-6-31-7-10-36/h1-5,8,11-13,31H,6-7,9-10H2,(H,33,34,35). The molecule has 14 heteroatoms. The molecule has 200 valence electrons. The van der Waals surface area contributed by atoms with Crippen molar-refractivity contribution in [3.05, 3.63) is 81.0 Å². The molecule has 0 unspecified atom stereocenters. The summed E-state index contributed by atoms with van der Waals surface area (Å²) in [7, 11) is 0. The second-order valence-corrected chi connectivity index (χ2v) is 9.65. The van der Waals surface area contributed by atoms with E-state index in [2.05, 4.69) is 25.6 Å². The molecule has 39 heavy (non-hydrogen) atoms. The SMILES string of the molecule is O=c1c2cnc(Nc3ccc(N4CCNCC4)c(C(F)(F)F)c3)nc2n2ccnc2n1-c1c(Cl)cccc1Cl. The number of rotatable bonds is 4. The fraction of sp³-hybridized carbons (Fsp3) is 0.200. The summed E-state index contributed by atoms with van der Waals surface area (Å²) in [4.78, 5) is 28.2. The summed E-state index contributed by atoms with van der Waals surface area (Å²) in [6.07, 6.45) is -0.183. The topological polar surface area (TPSA) is 92.4 Å². The van der Waals surface area contributed by atoms with E-state index in [0.29, 0.717) is 26.2 Å². The molecule has 5 aromatic rings. The molecule has 1 saturated heterocycles. The van der Waals surface area contributed by atoms with Gasteiger partial charge in [-0.2, -0.15) is 18.2 Å². The summed E-state index contributed by atoms with van der Waals surface area (Å²) in [5.41, 5.74) is -0.531. The maximum atomic E-state index is 14.0. The van der Waals surface area contributed by atoms with E-state index < -0.39 is 17.3 Å². The van der Waals surface area contributed by atoms with Crippen LogP contribution in [0.3, 0.4) is 0 Å². The van der Waals surface area contributed by atoms with Gasteiger partial charge in [0, 0.05) is 56.1 Å². The summed E-state index contributed by atoms with van der Waals surface area (Å²) in [6.45, 7) is 2.16. The summed E-state index contributed by atoms with van der Waals surface area (Å²) in [5, 5.41) is 6.61. The number of halogens is 5. The summed E-state index contributed by atoms with van der Waals surface area (Å²) >= 11 is 12.7. The molecule has 0 amide bonds. The number of imidazole rings is 1. The quantitative estimate of drug-likeness (QED) is 0.315. The van der Waals surface area contributed by atoms with Crippen molar-refractivity contribution in [1.29, 1.82) is 0 Å². The van der Waals surface area contributed by atoms with Gasteiger partial charge in [0.05, 0.1) is 21.3 Å². The van der Waals surface area contributed by atoms with Gasteiger partial charge in [0.15, 0.2) is 5.65 Å². The van der Waals surface area contributed by atoms with Crippen LogP contribution in [0, 0.1) is 0 Å². The van der Waals surface area contributed by atoms with Gasteiger partial charge in [-0.15, -0.1) is 0 Å². The molecule has 0 radical (unpaired) electrons. The predicted molar refractivity (Wildman–Crippen MR) is 144 cm³/mol. The third-order valence-corrected chi connectivity index (χ3v) is 7.04. The molecule has 1 aliphatic rings. The number of nitrogens with one attached hydrogen (secondary N) is 2. The molecular weight excluding hydrogens is 556 g/mol. The first-order valence-corrected chi connectivity index (χ1v) is 12.6. The molecular formula is C25H19Cl2F3N8O. The molecule has 2 aromatic carbocycles. The normalized spacial score (nSPS) is 14.3. The van der Waals surface area contributed by atoms with Gasteiger partial charge >= 0.3 is 6.18 Å². The monoisotopic (exact) mass is 574 g/mol. The van der Waals surface area contributed by atoms with Gasteiger partial charge in [0.2, 0.25) is 11.7 Å². The van der Waals surface area contributed by atoms with Gasteiger partial charge in [-0.1, -0.05) is 29.3 Å². The fourth-order valence-corrected chi connectivity index (χ4v) is 5.23. The Morgan fingerprint density at radius 2 is 1.77 bits per heavy atom. The Bertz CT molecular complexity index is 1760.